The number of amides is 1. The Kier molecular flexibility index (Phi) is 9.31. The number of primary amides is 1. The Morgan fingerprint density at radius 3 is 2.57 bits per heavy atom. The van der Waals surface area contributed by atoms with Crippen LogP contribution in [0.25, 0.3) is 21.6 Å². The number of allylic oxidation sites excluding steroid dienone is 1. The summed E-state index contributed by atoms with van der Waals surface area (Å²) in [4.78, 5) is 19.3. The summed E-state index contributed by atoms with van der Waals surface area (Å²) < 4.78 is 43.1. The molecule has 2 heterocycles. The van der Waals surface area contributed by atoms with Crippen LogP contribution in [0, 0.1) is 0 Å². The maximum atomic E-state index is 12.5. The van der Waals surface area contributed by atoms with Gasteiger partial charge in [-0.2, -0.15) is 13.2 Å². The van der Waals surface area contributed by atoms with Gasteiger partial charge in [0.2, 0.25) is 0 Å². The van der Waals surface area contributed by atoms with Gasteiger partial charge in [0.25, 0.3) is 5.91 Å². The number of hydrogen-bond acceptors (Lipinski definition) is 6. The number of alkyl halides is 3. The Bertz CT molecular complexity index is 1210. The van der Waals surface area contributed by atoms with E-state index in [4.69, 9.17) is 16.2 Å². The zero-order valence-corrected chi connectivity index (χ0v) is 20.9. The Hall–Kier alpha value is -3.08. The maximum Gasteiger partial charge on any atom is 0.409 e. The highest BCUT2D eigenvalue weighted by molar-refractivity contribution is 7.13. The summed E-state index contributed by atoms with van der Waals surface area (Å²) in [6.45, 7) is 2.24. The number of nitrogens with zero attached hydrogens (tertiary/aromatic N) is 2. The molecule has 0 bridgehead atoms. The molecule has 0 spiro atoms. The summed E-state index contributed by atoms with van der Waals surface area (Å²) in [5, 5.41) is 2.08. The lowest BCUT2D eigenvalue weighted by Crippen LogP contribution is -2.17. The molecule has 1 aromatic carbocycles. The van der Waals surface area contributed by atoms with Crippen LogP contribution < -0.4 is 16.2 Å². The molecule has 6 nitrogen and oxygen atoms in total. The van der Waals surface area contributed by atoms with Crippen molar-refractivity contribution in [2.45, 2.75) is 25.7 Å². The van der Waals surface area contributed by atoms with Crippen LogP contribution in [0.4, 0.5) is 19.0 Å². The van der Waals surface area contributed by atoms with Crippen molar-refractivity contribution >= 4 is 35.5 Å². The van der Waals surface area contributed by atoms with E-state index >= 15 is 0 Å². The number of halogens is 4. The lowest BCUT2D eigenvalue weighted by Gasteiger charge is -2.16. The van der Waals surface area contributed by atoms with Gasteiger partial charge in [-0.05, 0) is 67.9 Å². The largest absolute Gasteiger partial charge is 0.486 e. The zero-order chi connectivity index (χ0) is 25.0. The maximum absolute atomic E-state index is 12.5. The number of nitrogen functional groups attached to an aromatic ring is 1. The Labute approximate surface area is 211 Å². The number of hydrogen-bond donors (Lipinski definition) is 2. The third-order valence-corrected chi connectivity index (χ3v) is 5.81. The van der Waals surface area contributed by atoms with Crippen molar-refractivity contribution in [2.24, 2.45) is 5.73 Å². The number of carbonyl (C=O) groups is 1. The molecule has 1 atom stereocenters. The first kappa shape index (κ1) is 28.2. The molecular formula is C24H26ClF3N4O2S. The minimum atomic E-state index is -4.47. The molecule has 0 fully saturated rings. The summed E-state index contributed by atoms with van der Waals surface area (Å²) >= 11 is 1.59. The Morgan fingerprint density at radius 2 is 1.94 bits per heavy atom. The van der Waals surface area contributed by atoms with Gasteiger partial charge in [0.1, 0.15) is 17.7 Å². The van der Waals surface area contributed by atoms with Crippen LogP contribution in [0.1, 0.15) is 22.8 Å². The predicted molar refractivity (Wildman–Crippen MR) is 136 cm³/mol. The molecule has 35 heavy (non-hydrogen) atoms. The first-order chi connectivity index (χ1) is 15.9. The van der Waals surface area contributed by atoms with Gasteiger partial charge in [-0.15, -0.1) is 23.7 Å². The quantitative estimate of drug-likeness (QED) is 0.376. The number of aromatic nitrogens is 1. The third-order valence-electron chi connectivity index (χ3n) is 4.78. The van der Waals surface area contributed by atoms with Crippen molar-refractivity contribution < 1.29 is 22.7 Å². The zero-order valence-electron chi connectivity index (χ0n) is 19.3. The minimum Gasteiger partial charge on any atom is -0.486 e. The lowest BCUT2D eigenvalue weighted by atomic mass is 10.0. The minimum absolute atomic E-state index is 0. The van der Waals surface area contributed by atoms with Crippen LogP contribution in [-0.2, 0) is 6.54 Å². The number of pyridine rings is 1. The van der Waals surface area contributed by atoms with Gasteiger partial charge >= 0.3 is 6.18 Å². The van der Waals surface area contributed by atoms with E-state index in [0.717, 1.165) is 23.1 Å². The number of ether oxygens (including phenoxy) is 1. The van der Waals surface area contributed by atoms with E-state index in [0.29, 0.717) is 11.1 Å². The molecule has 1 amide bonds. The fourth-order valence-electron chi connectivity index (χ4n) is 3.29. The van der Waals surface area contributed by atoms with Crippen LogP contribution in [0.5, 0.6) is 5.75 Å². The highest BCUT2D eigenvalue weighted by Crippen LogP contribution is 2.35. The molecule has 4 N–H and O–H groups in total. The molecule has 1 unspecified atom stereocenters. The van der Waals surface area contributed by atoms with Crippen molar-refractivity contribution in [2.75, 3.05) is 19.8 Å². The van der Waals surface area contributed by atoms with E-state index in [2.05, 4.69) is 21.3 Å². The fraction of sp³-hybridized carbons (Fsp3) is 0.250. The van der Waals surface area contributed by atoms with Gasteiger partial charge in [0.15, 0.2) is 0 Å². The normalized spacial score (nSPS) is 12.5. The molecule has 188 valence electrons. The van der Waals surface area contributed by atoms with E-state index in [1.165, 1.54) is 24.6 Å². The van der Waals surface area contributed by atoms with Crippen molar-refractivity contribution in [3.8, 4) is 27.3 Å². The van der Waals surface area contributed by atoms with E-state index in [1.807, 2.05) is 20.2 Å². The van der Waals surface area contributed by atoms with Crippen LogP contribution >= 0.6 is 23.7 Å². The highest BCUT2D eigenvalue weighted by atomic mass is 35.5. The van der Waals surface area contributed by atoms with Crippen molar-refractivity contribution in [1.82, 2.24) is 9.88 Å². The summed E-state index contributed by atoms with van der Waals surface area (Å²) in [5.41, 5.74) is 14.8. The smallest absolute Gasteiger partial charge is 0.409 e. The van der Waals surface area contributed by atoms with E-state index in [1.54, 1.807) is 23.6 Å². The average Bonchev–Trinajstić information content (AvgIpc) is 3.19. The molecule has 0 aliphatic carbocycles. The first-order valence-corrected chi connectivity index (χ1v) is 11.2. The molecule has 3 rings (SSSR count). The molecule has 2 aromatic heterocycles. The number of rotatable bonds is 8. The van der Waals surface area contributed by atoms with Crippen molar-refractivity contribution in [3.05, 3.63) is 65.2 Å². The van der Waals surface area contributed by atoms with Crippen molar-refractivity contribution in [3.63, 3.8) is 0 Å². The standard InChI is InChI=1S/C24H25F3N4O2S.ClH/c1-14(6-7-24(25,26)27)33-20-10-16(4-5-18(20)23(29)32)19-9-17(11-30-22(19)28)21-8-15(13-34-21)12-31(2)3;/h4-11,13-14H,12H2,1-3H3,(H2,28,30)(H2,29,32);1H/b7-6-;. The van der Waals surface area contributed by atoms with Gasteiger partial charge < -0.3 is 21.1 Å². The van der Waals surface area contributed by atoms with E-state index in [9.17, 15) is 18.0 Å². The second kappa shape index (κ2) is 11.6. The Balaban J connectivity index is 0.00000432. The number of carbonyl (C=O) groups excluding carboxylic acids is 1. The average molecular weight is 527 g/mol. The molecule has 0 saturated carbocycles. The molecule has 0 radical (unpaired) electrons. The number of benzene rings is 1. The summed E-state index contributed by atoms with van der Waals surface area (Å²) in [5.74, 6) is -0.449. The fourth-order valence-corrected chi connectivity index (χ4v) is 4.18. The second-order valence-corrected chi connectivity index (χ2v) is 8.92. The summed E-state index contributed by atoms with van der Waals surface area (Å²) in [6.07, 6.45) is -2.80. The van der Waals surface area contributed by atoms with Crippen LogP contribution in [0.15, 0.2) is 54.1 Å². The van der Waals surface area contributed by atoms with Gasteiger partial charge in [-0.25, -0.2) is 4.98 Å². The highest BCUT2D eigenvalue weighted by Gasteiger charge is 2.23. The first-order valence-electron chi connectivity index (χ1n) is 10.3. The number of thiophene rings is 1. The Morgan fingerprint density at radius 1 is 1.23 bits per heavy atom. The van der Waals surface area contributed by atoms with E-state index < -0.39 is 18.2 Å². The molecule has 0 saturated heterocycles. The SMILES string of the molecule is CC(/C=C\C(F)(F)F)Oc1cc(-c2cc(-c3cc(CN(C)C)cs3)cnc2N)ccc1C(N)=O.Cl. The summed E-state index contributed by atoms with van der Waals surface area (Å²) in [7, 11) is 3.99. The number of nitrogens with two attached hydrogens (primary N) is 2. The molecule has 0 aliphatic rings. The van der Waals surface area contributed by atoms with Gasteiger partial charge in [-0.3, -0.25) is 4.79 Å². The molecule has 11 heteroatoms. The van der Waals surface area contributed by atoms with Gasteiger partial charge in [0, 0.05) is 34.8 Å². The van der Waals surface area contributed by atoms with Crippen LogP contribution in [-0.4, -0.2) is 42.2 Å². The predicted octanol–water partition coefficient (Wildman–Crippen LogP) is 5.53. The van der Waals surface area contributed by atoms with Crippen molar-refractivity contribution in [1.29, 1.82) is 0 Å². The summed E-state index contributed by atoms with van der Waals surface area (Å²) in [6, 6.07) is 8.59. The van der Waals surface area contributed by atoms with Crippen LogP contribution in [0.3, 0.4) is 0 Å². The lowest BCUT2D eigenvalue weighted by molar-refractivity contribution is -0.0804. The van der Waals surface area contributed by atoms with E-state index in [-0.39, 0.29) is 35.6 Å². The van der Waals surface area contributed by atoms with Gasteiger partial charge in [0.05, 0.1) is 5.56 Å². The molecule has 3 aromatic rings. The number of anilines is 1. The van der Waals surface area contributed by atoms with Crippen LogP contribution in [0.2, 0.25) is 0 Å². The molecule has 0 aliphatic heterocycles. The topological polar surface area (TPSA) is 94.5 Å². The molecular weight excluding hydrogens is 501 g/mol. The third kappa shape index (κ3) is 7.71. The second-order valence-electron chi connectivity index (χ2n) is 8.01. The monoisotopic (exact) mass is 526 g/mol. The van der Waals surface area contributed by atoms with Gasteiger partial charge in [-0.1, -0.05) is 6.07 Å².